The Hall–Kier alpha value is -2.22. The van der Waals surface area contributed by atoms with Crippen LogP contribution in [0.4, 0.5) is 8.78 Å². The van der Waals surface area contributed by atoms with Crippen LogP contribution < -0.4 is 4.74 Å². The van der Waals surface area contributed by atoms with Crippen LogP contribution in [0.2, 0.25) is 5.02 Å². The third-order valence-corrected chi connectivity index (χ3v) is 3.52. The first-order chi connectivity index (χ1) is 11.4. The molecule has 0 aliphatic heterocycles. The molecule has 24 heavy (non-hydrogen) atoms. The molecule has 0 N–H and O–H groups in total. The van der Waals surface area contributed by atoms with Gasteiger partial charge in [-0.1, -0.05) is 18.5 Å². The molecule has 0 saturated heterocycles. The molecule has 9 heteroatoms. The molecule has 1 heterocycles. The van der Waals surface area contributed by atoms with Crippen LogP contribution in [0.15, 0.2) is 36.9 Å². The summed E-state index contributed by atoms with van der Waals surface area (Å²) < 4.78 is 38.5. The van der Waals surface area contributed by atoms with E-state index in [0.717, 1.165) is 6.92 Å². The molecule has 3 atom stereocenters. The van der Waals surface area contributed by atoms with Gasteiger partial charge >= 0.3 is 5.97 Å². The molecule has 0 aliphatic rings. The van der Waals surface area contributed by atoms with Crippen LogP contribution in [0.5, 0.6) is 5.75 Å². The Morgan fingerprint density at radius 3 is 2.46 bits per heavy atom. The minimum Gasteiger partial charge on any atom is -0.465 e. The van der Waals surface area contributed by atoms with Gasteiger partial charge in [0.2, 0.25) is 12.7 Å². The SMILES string of the molecule is CC(=O)OC(C(C)C(F)F)C(Oc1ccc(Cl)cc1)n1cncn1. The average molecular weight is 360 g/mol. The summed E-state index contributed by atoms with van der Waals surface area (Å²) in [6.07, 6.45) is -2.55. The van der Waals surface area contributed by atoms with Crippen molar-refractivity contribution >= 4 is 17.6 Å². The molecule has 3 unspecified atom stereocenters. The van der Waals surface area contributed by atoms with E-state index >= 15 is 0 Å². The van der Waals surface area contributed by atoms with Crippen LogP contribution in [0.3, 0.4) is 0 Å². The lowest BCUT2D eigenvalue weighted by Crippen LogP contribution is -2.40. The van der Waals surface area contributed by atoms with Crippen molar-refractivity contribution in [2.75, 3.05) is 0 Å². The summed E-state index contributed by atoms with van der Waals surface area (Å²) in [5, 5.41) is 4.42. The number of halogens is 3. The van der Waals surface area contributed by atoms with E-state index in [1.54, 1.807) is 24.3 Å². The van der Waals surface area contributed by atoms with E-state index in [0.29, 0.717) is 10.8 Å². The zero-order valence-corrected chi connectivity index (χ0v) is 13.7. The van der Waals surface area contributed by atoms with Crippen LogP contribution in [0, 0.1) is 5.92 Å². The van der Waals surface area contributed by atoms with Gasteiger partial charge in [-0.25, -0.2) is 18.4 Å². The third kappa shape index (κ3) is 4.64. The predicted octanol–water partition coefficient (Wildman–Crippen LogP) is 3.34. The molecular formula is C15H16ClF2N3O3. The number of alkyl halides is 2. The average Bonchev–Trinajstić information content (AvgIpc) is 3.05. The Bertz CT molecular complexity index is 652. The Morgan fingerprint density at radius 1 is 1.29 bits per heavy atom. The first kappa shape index (κ1) is 18.1. The van der Waals surface area contributed by atoms with Crippen LogP contribution in [0.25, 0.3) is 0 Å². The molecular weight excluding hydrogens is 344 g/mol. The van der Waals surface area contributed by atoms with Gasteiger partial charge in [-0.15, -0.1) is 0 Å². The van der Waals surface area contributed by atoms with Gasteiger partial charge in [-0.2, -0.15) is 5.10 Å². The maximum Gasteiger partial charge on any atom is 0.303 e. The predicted molar refractivity (Wildman–Crippen MR) is 81.9 cm³/mol. The largest absolute Gasteiger partial charge is 0.465 e. The van der Waals surface area contributed by atoms with Gasteiger partial charge in [0.1, 0.15) is 18.4 Å². The fourth-order valence-electron chi connectivity index (χ4n) is 2.03. The number of hydrogen-bond acceptors (Lipinski definition) is 5. The molecule has 1 aromatic heterocycles. The lowest BCUT2D eigenvalue weighted by molar-refractivity contribution is -0.166. The van der Waals surface area contributed by atoms with Crippen molar-refractivity contribution in [3.63, 3.8) is 0 Å². The molecule has 1 aromatic carbocycles. The molecule has 130 valence electrons. The van der Waals surface area contributed by atoms with Gasteiger partial charge in [-0.05, 0) is 24.3 Å². The van der Waals surface area contributed by atoms with Crippen LogP contribution in [0.1, 0.15) is 20.1 Å². The second-order valence-corrected chi connectivity index (χ2v) is 5.54. The van der Waals surface area contributed by atoms with Gasteiger partial charge in [0, 0.05) is 11.9 Å². The fourth-order valence-corrected chi connectivity index (χ4v) is 2.16. The topological polar surface area (TPSA) is 66.2 Å². The molecule has 0 aliphatic carbocycles. The zero-order valence-electron chi connectivity index (χ0n) is 13.0. The van der Waals surface area contributed by atoms with Crippen molar-refractivity contribution < 1.29 is 23.0 Å². The minimum atomic E-state index is -2.71. The summed E-state index contributed by atoms with van der Waals surface area (Å²) in [6, 6.07) is 6.33. The van der Waals surface area contributed by atoms with E-state index in [9.17, 15) is 13.6 Å². The van der Waals surface area contributed by atoms with E-state index in [1.165, 1.54) is 24.3 Å². The summed E-state index contributed by atoms with van der Waals surface area (Å²) in [5.74, 6) is -1.62. The molecule has 6 nitrogen and oxygen atoms in total. The highest BCUT2D eigenvalue weighted by Crippen LogP contribution is 2.29. The number of benzene rings is 1. The molecule has 0 bridgehead atoms. The first-order valence-corrected chi connectivity index (χ1v) is 7.48. The summed E-state index contributed by atoms with van der Waals surface area (Å²) in [5.41, 5.74) is 0. The summed E-state index contributed by atoms with van der Waals surface area (Å²) in [4.78, 5) is 15.2. The third-order valence-electron chi connectivity index (χ3n) is 3.27. The second kappa shape index (κ2) is 8.05. The maximum absolute atomic E-state index is 13.2. The maximum atomic E-state index is 13.2. The van der Waals surface area contributed by atoms with Crippen molar-refractivity contribution in [1.82, 2.24) is 14.8 Å². The van der Waals surface area contributed by atoms with Gasteiger partial charge < -0.3 is 9.47 Å². The lowest BCUT2D eigenvalue weighted by atomic mass is 10.0. The number of rotatable bonds is 7. The minimum absolute atomic E-state index is 0.360. The molecule has 0 spiro atoms. The summed E-state index contributed by atoms with van der Waals surface area (Å²) >= 11 is 5.82. The van der Waals surface area contributed by atoms with Gasteiger partial charge in [0.25, 0.3) is 0 Å². The highest BCUT2D eigenvalue weighted by Gasteiger charge is 2.38. The van der Waals surface area contributed by atoms with E-state index in [4.69, 9.17) is 21.1 Å². The molecule has 0 fully saturated rings. The van der Waals surface area contributed by atoms with Crippen LogP contribution in [-0.2, 0) is 9.53 Å². The quantitative estimate of drug-likeness (QED) is 0.709. The number of ether oxygens (including phenoxy) is 2. The van der Waals surface area contributed by atoms with Crippen molar-refractivity contribution in [3.05, 3.63) is 41.9 Å². The van der Waals surface area contributed by atoms with Crippen molar-refractivity contribution in [3.8, 4) is 5.75 Å². The highest BCUT2D eigenvalue weighted by molar-refractivity contribution is 6.30. The summed E-state index contributed by atoms with van der Waals surface area (Å²) in [7, 11) is 0. The van der Waals surface area contributed by atoms with Crippen molar-refractivity contribution in [2.45, 2.75) is 32.6 Å². The number of nitrogens with zero attached hydrogens (tertiary/aromatic N) is 3. The second-order valence-electron chi connectivity index (χ2n) is 5.11. The summed E-state index contributed by atoms with van der Waals surface area (Å²) in [6.45, 7) is 2.42. The Morgan fingerprint density at radius 2 is 1.96 bits per heavy atom. The van der Waals surface area contributed by atoms with E-state index in [-0.39, 0.29) is 0 Å². The van der Waals surface area contributed by atoms with E-state index < -0.39 is 30.6 Å². The van der Waals surface area contributed by atoms with Gasteiger partial charge in [0.05, 0.1) is 5.92 Å². The molecule has 0 saturated carbocycles. The highest BCUT2D eigenvalue weighted by atomic mass is 35.5. The van der Waals surface area contributed by atoms with Crippen molar-refractivity contribution in [2.24, 2.45) is 5.92 Å². The van der Waals surface area contributed by atoms with Crippen LogP contribution >= 0.6 is 11.6 Å². The van der Waals surface area contributed by atoms with Gasteiger partial charge in [0.15, 0.2) is 6.10 Å². The first-order valence-electron chi connectivity index (χ1n) is 7.10. The monoisotopic (exact) mass is 359 g/mol. The molecule has 0 amide bonds. The normalized spacial score (nSPS) is 14.9. The Kier molecular flexibility index (Phi) is 6.08. The fraction of sp³-hybridized carbons (Fsp3) is 0.400. The van der Waals surface area contributed by atoms with Crippen molar-refractivity contribution in [1.29, 1.82) is 0 Å². The Labute approximate surface area is 142 Å². The smallest absolute Gasteiger partial charge is 0.303 e. The van der Waals surface area contributed by atoms with E-state index in [2.05, 4.69) is 10.1 Å². The number of hydrogen-bond donors (Lipinski definition) is 0. The molecule has 0 radical (unpaired) electrons. The molecule has 2 rings (SSSR count). The van der Waals surface area contributed by atoms with E-state index in [1.807, 2.05) is 0 Å². The number of carbonyl (C=O) groups is 1. The van der Waals surface area contributed by atoms with Gasteiger partial charge in [-0.3, -0.25) is 4.79 Å². The zero-order chi connectivity index (χ0) is 17.7. The lowest BCUT2D eigenvalue weighted by Gasteiger charge is -2.30. The number of esters is 1. The van der Waals surface area contributed by atoms with Crippen LogP contribution in [-0.4, -0.2) is 33.3 Å². The standard InChI is InChI=1S/C15H16ClF2N3O3/c1-9(14(17)18)13(23-10(2)22)15(21-8-19-7-20-21)24-12-5-3-11(16)4-6-12/h3-9,13-15H,1-2H3. The number of carbonyl (C=O) groups excluding carboxylic acids is 1. The Balaban J connectivity index is 2.35. The molecule has 2 aromatic rings. The number of aromatic nitrogens is 3.